The molecule has 2 rings (SSSR count). The molecule has 2 N–H and O–H groups in total. The van der Waals surface area contributed by atoms with Gasteiger partial charge in [-0.2, -0.15) is 0 Å². The van der Waals surface area contributed by atoms with Gasteiger partial charge in [0.25, 0.3) is 0 Å². The number of pyridine rings is 1. The van der Waals surface area contributed by atoms with Crippen molar-refractivity contribution in [2.45, 2.75) is 46.2 Å². The molecule has 1 aromatic heterocycles. The highest BCUT2D eigenvalue weighted by molar-refractivity contribution is 14.0. The lowest BCUT2D eigenvalue weighted by Crippen LogP contribution is -2.47. The summed E-state index contributed by atoms with van der Waals surface area (Å²) in [6.45, 7) is 9.61. The van der Waals surface area contributed by atoms with Gasteiger partial charge in [0.1, 0.15) is 11.5 Å². The number of rotatable bonds is 7. The van der Waals surface area contributed by atoms with Crippen LogP contribution in [-0.2, 0) is 6.54 Å². The molecule has 7 heteroatoms. The van der Waals surface area contributed by atoms with E-state index in [9.17, 15) is 0 Å². The summed E-state index contributed by atoms with van der Waals surface area (Å²) in [6, 6.07) is 11.5. The van der Waals surface area contributed by atoms with Gasteiger partial charge >= 0.3 is 0 Å². The zero-order chi connectivity index (χ0) is 19.7. The highest BCUT2D eigenvalue weighted by atomic mass is 127. The quantitative estimate of drug-likeness (QED) is 0.328. The minimum atomic E-state index is -0.0717. The molecule has 0 unspecified atom stereocenters. The van der Waals surface area contributed by atoms with Crippen LogP contribution >= 0.6 is 24.0 Å². The Morgan fingerprint density at radius 3 is 2.39 bits per heavy atom. The number of hydrogen-bond donors (Lipinski definition) is 2. The van der Waals surface area contributed by atoms with E-state index in [1.54, 1.807) is 13.2 Å². The molecule has 0 spiro atoms. The van der Waals surface area contributed by atoms with Crippen LogP contribution in [0, 0.1) is 0 Å². The van der Waals surface area contributed by atoms with Crippen LogP contribution < -0.4 is 20.1 Å². The van der Waals surface area contributed by atoms with Crippen LogP contribution in [0.4, 0.5) is 0 Å². The monoisotopic (exact) mass is 498 g/mol. The average molecular weight is 498 g/mol. The summed E-state index contributed by atoms with van der Waals surface area (Å²) in [7, 11) is 1.75. The Morgan fingerprint density at radius 2 is 1.79 bits per heavy atom. The summed E-state index contributed by atoms with van der Waals surface area (Å²) in [5, 5.41) is 6.63. The van der Waals surface area contributed by atoms with Crippen LogP contribution in [0.25, 0.3) is 0 Å². The summed E-state index contributed by atoms with van der Waals surface area (Å²) >= 11 is 0. The Bertz CT molecular complexity index is 743. The third-order valence-electron chi connectivity index (χ3n) is 3.52. The molecule has 0 saturated heterocycles. The lowest BCUT2D eigenvalue weighted by molar-refractivity contribution is 0.317. The molecule has 0 aliphatic rings. The first-order chi connectivity index (χ1) is 12.9. The number of guanidine groups is 1. The molecule has 2 aromatic rings. The van der Waals surface area contributed by atoms with Gasteiger partial charge in [0.05, 0.1) is 6.61 Å². The van der Waals surface area contributed by atoms with Crippen molar-refractivity contribution in [3.63, 3.8) is 0 Å². The minimum Gasteiger partial charge on any atom is -0.494 e. The van der Waals surface area contributed by atoms with Gasteiger partial charge in [-0.25, -0.2) is 4.98 Å². The maximum atomic E-state index is 5.97. The number of nitrogens with one attached hydrogen (secondary N) is 2. The van der Waals surface area contributed by atoms with Crippen LogP contribution in [0.1, 0.15) is 39.7 Å². The first-order valence-corrected chi connectivity index (χ1v) is 9.24. The lowest BCUT2D eigenvalue weighted by Gasteiger charge is -2.24. The van der Waals surface area contributed by atoms with Crippen molar-refractivity contribution in [3.8, 4) is 17.4 Å². The number of hydrogen-bond acceptors (Lipinski definition) is 4. The second kappa shape index (κ2) is 11.7. The van der Waals surface area contributed by atoms with E-state index in [2.05, 4.69) is 48.3 Å². The number of aliphatic imine (C=N–C) groups is 1. The summed E-state index contributed by atoms with van der Waals surface area (Å²) < 4.78 is 11.6. The highest BCUT2D eigenvalue weighted by Crippen LogP contribution is 2.25. The van der Waals surface area contributed by atoms with Crippen molar-refractivity contribution in [1.29, 1.82) is 0 Å². The van der Waals surface area contributed by atoms with E-state index in [1.165, 1.54) is 0 Å². The molecule has 28 heavy (non-hydrogen) atoms. The van der Waals surface area contributed by atoms with Gasteiger partial charge in [0, 0.05) is 30.9 Å². The predicted molar refractivity (Wildman–Crippen MR) is 125 cm³/mol. The molecule has 0 aliphatic carbocycles. The average Bonchev–Trinajstić information content (AvgIpc) is 2.64. The van der Waals surface area contributed by atoms with Crippen molar-refractivity contribution in [1.82, 2.24) is 15.6 Å². The number of benzene rings is 1. The number of nitrogens with zero attached hydrogens (tertiary/aromatic N) is 2. The smallest absolute Gasteiger partial charge is 0.224 e. The summed E-state index contributed by atoms with van der Waals surface area (Å²) in [5.74, 6) is 2.85. The molecule has 154 valence electrons. The Balaban J connectivity index is 0.00000392. The Kier molecular flexibility index (Phi) is 10.1. The van der Waals surface area contributed by atoms with Gasteiger partial charge in [-0.1, -0.05) is 13.0 Å². The maximum Gasteiger partial charge on any atom is 0.224 e. The summed E-state index contributed by atoms with van der Waals surface area (Å²) in [5.41, 5.74) is 0.873. The second-order valence-corrected chi connectivity index (χ2v) is 7.19. The molecular formula is C21H31IN4O2. The largest absolute Gasteiger partial charge is 0.494 e. The third kappa shape index (κ3) is 8.33. The highest BCUT2D eigenvalue weighted by Gasteiger charge is 2.13. The molecule has 0 amide bonds. The number of aromatic nitrogens is 1. The molecule has 0 saturated carbocycles. The van der Waals surface area contributed by atoms with E-state index < -0.39 is 0 Å². The van der Waals surface area contributed by atoms with Crippen LogP contribution in [0.5, 0.6) is 17.4 Å². The van der Waals surface area contributed by atoms with Gasteiger partial charge < -0.3 is 20.1 Å². The molecule has 6 nitrogen and oxygen atoms in total. The summed E-state index contributed by atoms with van der Waals surface area (Å²) in [6.07, 6.45) is 2.70. The van der Waals surface area contributed by atoms with Crippen molar-refractivity contribution >= 4 is 29.9 Å². The number of halogens is 1. The fourth-order valence-electron chi connectivity index (χ4n) is 2.30. The van der Waals surface area contributed by atoms with Gasteiger partial charge in [-0.05, 0) is 57.5 Å². The minimum absolute atomic E-state index is 0. The van der Waals surface area contributed by atoms with Crippen LogP contribution in [-0.4, -0.2) is 30.1 Å². The van der Waals surface area contributed by atoms with Crippen molar-refractivity contribution in [3.05, 3.63) is 48.2 Å². The topological polar surface area (TPSA) is 67.8 Å². The molecule has 0 radical (unpaired) electrons. The third-order valence-corrected chi connectivity index (χ3v) is 3.52. The van der Waals surface area contributed by atoms with Gasteiger partial charge in [-0.3, -0.25) is 4.99 Å². The fraction of sp³-hybridized carbons (Fsp3) is 0.429. The van der Waals surface area contributed by atoms with Crippen molar-refractivity contribution in [2.24, 2.45) is 4.99 Å². The molecule has 1 aromatic carbocycles. The van der Waals surface area contributed by atoms with Gasteiger partial charge in [0.15, 0.2) is 5.96 Å². The zero-order valence-electron chi connectivity index (χ0n) is 17.3. The first-order valence-electron chi connectivity index (χ1n) is 9.24. The van der Waals surface area contributed by atoms with E-state index in [0.29, 0.717) is 19.0 Å². The molecule has 0 fully saturated rings. The van der Waals surface area contributed by atoms with E-state index in [4.69, 9.17) is 9.47 Å². The van der Waals surface area contributed by atoms with Gasteiger partial charge in [0.2, 0.25) is 5.88 Å². The zero-order valence-corrected chi connectivity index (χ0v) is 19.6. The molecule has 1 heterocycles. The summed E-state index contributed by atoms with van der Waals surface area (Å²) in [4.78, 5) is 8.63. The Hall–Kier alpha value is -2.03. The van der Waals surface area contributed by atoms with E-state index in [0.717, 1.165) is 29.4 Å². The van der Waals surface area contributed by atoms with E-state index in [-0.39, 0.29) is 29.5 Å². The first kappa shape index (κ1) is 24.0. The predicted octanol–water partition coefficient (Wildman–Crippen LogP) is 4.74. The normalized spacial score (nSPS) is 11.4. The molecular weight excluding hydrogens is 467 g/mol. The standard InChI is InChI=1S/C21H30N4O2.HI/c1-6-14-26-17-9-11-18(12-10-17)27-19-16(8-7-13-23-19)15-24-20(22-5)25-21(2,3)4;/h7-13H,6,14-15H2,1-5H3,(H2,22,24,25);1H. The molecule has 0 bridgehead atoms. The SMILES string of the molecule is CCCOc1ccc(Oc2ncccc2CNC(=NC)NC(C)(C)C)cc1.I. The fourth-order valence-corrected chi connectivity index (χ4v) is 2.30. The van der Waals surface area contributed by atoms with E-state index >= 15 is 0 Å². The van der Waals surface area contributed by atoms with E-state index in [1.807, 2.05) is 36.4 Å². The van der Waals surface area contributed by atoms with Crippen molar-refractivity contribution in [2.75, 3.05) is 13.7 Å². The Morgan fingerprint density at radius 1 is 1.11 bits per heavy atom. The molecule has 0 aliphatic heterocycles. The van der Waals surface area contributed by atoms with Crippen LogP contribution in [0.15, 0.2) is 47.6 Å². The number of ether oxygens (including phenoxy) is 2. The van der Waals surface area contributed by atoms with Crippen molar-refractivity contribution < 1.29 is 9.47 Å². The van der Waals surface area contributed by atoms with Gasteiger partial charge in [-0.15, -0.1) is 24.0 Å². The lowest BCUT2D eigenvalue weighted by atomic mass is 10.1. The second-order valence-electron chi connectivity index (χ2n) is 7.19. The maximum absolute atomic E-state index is 5.97. The van der Waals surface area contributed by atoms with Crippen LogP contribution in [0.2, 0.25) is 0 Å². The van der Waals surface area contributed by atoms with Crippen LogP contribution in [0.3, 0.4) is 0 Å². The Labute approximate surface area is 185 Å². The molecule has 0 atom stereocenters.